The second kappa shape index (κ2) is 6.30. The Labute approximate surface area is 122 Å². The van der Waals surface area contributed by atoms with Crippen molar-refractivity contribution in [1.29, 1.82) is 0 Å². The van der Waals surface area contributed by atoms with E-state index in [4.69, 9.17) is 0 Å². The van der Waals surface area contributed by atoms with Crippen LogP contribution in [-0.4, -0.2) is 45.6 Å². The van der Waals surface area contributed by atoms with Crippen molar-refractivity contribution in [1.82, 2.24) is 19.8 Å². The van der Waals surface area contributed by atoms with Gasteiger partial charge in [0.1, 0.15) is 0 Å². The summed E-state index contributed by atoms with van der Waals surface area (Å²) in [5, 5.41) is 3.82. The normalized spacial score (nSPS) is 18.6. The molecule has 0 bridgehead atoms. The predicted octanol–water partition coefficient (Wildman–Crippen LogP) is 0.627. The van der Waals surface area contributed by atoms with Crippen LogP contribution in [0.2, 0.25) is 0 Å². The average Bonchev–Trinajstić information content (AvgIpc) is 2.99. The molecule has 110 valence electrons. The first-order valence-corrected chi connectivity index (χ1v) is 7.89. The Kier molecular flexibility index (Phi) is 4.69. The molecule has 2 heterocycles. The molecule has 1 aromatic heterocycles. The van der Waals surface area contributed by atoms with Crippen LogP contribution in [0, 0.1) is 5.92 Å². The van der Waals surface area contributed by atoms with Gasteiger partial charge in [0.15, 0.2) is 5.16 Å². The average molecular weight is 296 g/mol. The topological polar surface area (TPSA) is 67.2 Å². The Morgan fingerprint density at radius 3 is 2.90 bits per heavy atom. The summed E-state index contributed by atoms with van der Waals surface area (Å²) in [6.07, 6.45) is 4.06. The number of likely N-dealkylation sites (tertiary alicyclic amines) is 1. The first-order chi connectivity index (χ1) is 9.56. The zero-order valence-corrected chi connectivity index (χ0v) is 12.9. The molecule has 0 aliphatic carbocycles. The summed E-state index contributed by atoms with van der Waals surface area (Å²) in [6.45, 7) is 3.57. The van der Waals surface area contributed by atoms with E-state index in [0.717, 1.165) is 10.9 Å². The van der Waals surface area contributed by atoms with Crippen LogP contribution in [0.1, 0.15) is 19.0 Å². The van der Waals surface area contributed by atoms with Crippen molar-refractivity contribution in [2.24, 2.45) is 13.0 Å². The molecule has 0 spiro atoms. The number of nitrogens with zero attached hydrogens (tertiary/aromatic N) is 3. The third kappa shape index (κ3) is 2.98. The van der Waals surface area contributed by atoms with E-state index >= 15 is 0 Å². The Morgan fingerprint density at radius 2 is 2.35 bits per heavy atom. The molecule has 1 unspecified atom stereocenters. The van der Waals surface area contributed by atoms with E-state index in [9.17, 15) is 9.59 Å². The molecular weight excluding hydrogens is 276 g/mol. The van der Waals surface area contributed by atoms with Crippen LogP contribution in [0.4, 0.5) is 0 Å². The smallest absolute Gasteiger partial charge is 0.225 e. The third-order valence-corrected chi connectivity index (χ3v) is 4.38. The number of hydrogen-bond donors (Lipinski definition) is 1. The molecule has 0 aromatic carbocycles. The molecule has 7 heteroatoms. The number of hydrogen-bond acceptors (Lipinski definition) is 4. The number of aromatic nitrogens is 2. The molecule has 2 amide bonds. The Balaban J connectivity index is 1.89. The molecule has 0 radical (unpaired) electrons. The molecule has 2 rings (SSSR count). The summed E-state index contributed by atoms with van der Waals surface area (Å²) < 4.78 is 1.96. The van der Waals surface area contributed by atoms with Crippen molar-refractivity contribution in [3.63, 3.8) is 0 Å². The molecule has 1 aromatic rings. The number of thioether (sulfide) groups is 1. The Morgan fingerprint density at radius 1 is 1.60 bits per heavy atom. The van der Waals surface area contributed by atoms with E-state index in [1.807, 2.05) is 24.8 Å². The molecule has 20 heavy (non-hydrogen) atoms. The molecule has 1 aliphatic rings. The minimum absolute atomic E-state index is 0.0544. The van der Waals surface area contributed by atoms with Gasteiger partial charge in [0.2, 0.25) is 11.8 Å². The third-order valence-electron chi connectivity index (χ3n) is 3.64. The van der Waals surface area contributed by atoms with Gasteiger partial charge in [0.05, 0.1) is 24.4 Å². The maximum Gasteiger partial charge on any atom is 0.225 e. The molecular formula is C13H20N4O2S. The number of rotatable bonds is 5. The van der Waals surface area contributed by atoms with Crippen LogP contribution >= 0.6 is 11.8 Å². The maximum absolute atomic E-state index is 12.1. The largest absolute Gasteiger partial charge is 0.350 e. The van der Waals surface area contributed by atoms with Crippen molar-refractivity contribution in [2.75, 3.05) is 19.3 Å². The molecule has 6 nitrogen and oxygen atoms in total. The van der Waals surface area contributed by atoms with Crippen molar-refractivity contribution in [3.05, 3.63) is 11.9 Å². The van der Waals surface area contributed by atoms with E-state index in [1.165, 1.54) is 0 Å². The molecule has 0 saturated carbocycles. The van der Waals surface area contributed by atoms with Gasteiger partial charge in [-0.05, 0) is 13.2 Å². The lowest BCUT2D eigenvalue weighted by molar-refractivity contribution is -0.128. The van der Waals surface area contributed by atoms with Gasteiger partial charge in [0.25, 0.3) is 0 Å². The molecule has 1 fully saturated rings. The summed E-state index contributed by atoms with van der Waals surface area (Å²) >= 11 is 1.57. The first kappa shape index (κ1) is 14.9. The zero-order chi connectivity index (χ0) is 14.7. The van der Waals surface area contributed by atoms with Crippen LogP contribution in [0.25, 0.3) is 0 Å². The summed E-state index contributed by atoms with van der Waals surface area (Å²) in [5.41, 5.74) is 0.958. The van der Waals surface area contributed by atoms with Crippen molar-refractivity contribution >= 4 is 23.6 Å². The monoisotopic (exact) mass is 296 g/mol. The Hall–Kier alpha value is -1.50. The van der Waals surface area contributed by atoms with Gasteiger partial charge >= 0.3 is 0 Å². The fourth-order valence-corrected chi connectivity index (χ4v) is 2.90. The minimum atomic E-state index is -0.226. The maximum atomic E-state index is 12.1. The molecule has 1 saturated heterocycles. The highest BCUT2D eigenvalue weighted by atomic mass is 32.2. The van der Waals surface area contributed by atoms with Gasteiger partial charge in [0, 0.05) is 26.6 Å². The lowest BCUT2D eigenvalue weighted by atomic mass is 10.1. The van der Waals surface area contributed by atoms with Crippen molar-refractivity contribution in [3.8, 4) is 0 Å². The summed E-state index contributed by atoms with van der Waals surface area (Å²) in [4.78, 5) is 29.7. The summed E-state index contributed by atoms with van der Waals surface area (Å²) in [7, 11) is 1.93. The van der Waals surface area contributed by atoms with Crippen LogP contribution < -0.4 is 5.32 Å². The highest BCUT2D eigenvalue weighted by Gasteiger charge is 2.33. The van der Waals surface area contributed by atoms with Gasteiger partial charge in [-0.1, -0.05) is 11.8 Å². The van der Waals surface area contributed by atoms with Gasteiger partial charge < -0.3 is 14.8 Å². The van der Waals surface area contributed by atoms with Gasteiger partial charge in [-0.2, -0.15) is 0 Å². The predicted molar refractivity (Wildman–Crippen MR) is 77.2 cm³/mol. The van der Waals surface area contributed by atoms with E-state index in [2.05, 4.69) is 10.3 Å². The first-order valence-electron chi connectivity index (χ1n) is 6.66. The number of carbonyl (C=O) groups excluding carboxylic acids is 2. The zero-order valence-electron chi connectivity index (χ0n) is 12.0. The van der Waals surface area contributed by atoms with Gasteiger partial charge in [-0.3, -0.25) is 9.59 Å². The standard InChI is InChI=1S/C13H20N4O2S/c1-4-17-8-9(5-11(17)18)12(19)14-6-10-7-15-13(20-3)16(10)2/h7,9H,4-6,8H2,1-3H3,(H,14,19). The minimum Gasteiger partial charge on any atom is -0.350 e. The van der Waals surface area contributed by atoms with Crippen LogP contribution in [0.5, 0.6) is 0 Å². The van der Waals surface area contributed by atoms with Crippen LogP contribution in [0.15, 0.2) is 11.4 Å². The number of imidazole rings is 1. The van der Waals surface area contributed by atoms with Crippen LogP contribution in [-0.2, 0) is 23.2 Å². The fraction of sp³-hybridized carbons (Fsp3) is 0.615. The summed E-state index contributed by atoms with van der Waals surface area (Å²) in [6, 6.07) is 0. The molecule has 1 atom stereocenters. The highest BCUT2D eigenvalue weighted by Crippen LogP contribution is 2.18. The van der Waals surface area contributed by atoms with E-state index < -0.39 is 0 Å². The van der Waals surface area contributed by atoms with Crippen LogP contribution in [0.3, 0.4) is 0 Å². The van der Waals surface area contributed by atoms with Crippen molar-refractivity contribution in [2.45, 2.75) is 25.0 Å². The number of amides is 2. The van der Waals surface area contributed by atoms with E-state index in [0.29, 0.717) is 26.1 Å². The Bertz CT molecular complexity index is 514. The molecule has 1 aliphatic heterocycles. The van der Waals surface area contributed by atoms with E-state index in [-0.39, 0.29) is 17.7 Å². The van der Waals surface area contributed by atoms with E-state index in [1.54, 1.807) is 22.9 Å². The van der Waals surface area contributed by atoms with Gasteiger partial charge in [-0.15, -0.1) is 0 Å². The van der Waals surface area contributed by atoms with Gasteiger partial charge in [-0.25, -0.2) is 4.98 Å². The lowest BCUT2D eigenvalue weighted by Crippen LogP contribution is -2.33. The fourth-order valence-electron chi connectivity index (χ4n) is 2.36. The SMILES string of the molecule is CCN1CC(C(=O)NCc2cnc(SC)n2C)CC1=O. The molecule has 1 N–H and O–H groups in total. The summed E-state index contributed by atoms with van der Waals surface area (Å²) in [5.74, 6) is -0.213. The second-order valence-corrected chi connectivity index (χ2v) is 5.62. The quantitative estimate of drug-likeness (QED) is 0.809. The lowest BCUT2D eigenvalue weighted by Gasteiger charge is -2.13. The highest BCUT2D eigenvalue weighted by molar-refractivity contribution is 7.98. The number of nitrogens with one attached hydrogen (secondary N) is 1. The van der Waals surface area contributed by atoms with Crippen molar-refractivity contribution < 1.29 is 9.59 Å². The second-order valence-electron chi connectivity index (χ2n) is 4.85. The number of carbonyl (C=O) groups is 2.